The van der Waals surface area contributed by atoms with Gasteiger partial charge in [0.1, 0.15) is 0 Å². The highest BCUT2D eigenvalue weighted by Crippen LogP contribution is 2.06. The molecule has 0 atom stereocenters. The lowest BCUT2D eigenvalue weighted by atomic mass is 10.4. The highest BCUT2D eigenvalue weighted by atomic mass is 32.1. The van der Waals surface area contributed by atoms with Crippen LogP contribution in [0.15, 0.2) is 10.9 Å². The van der Waals surface area contributed by atoms with Crippen LogP contribution in [0.5, 0.6) is 0 Å². The molecule has 16 heavy (non-hydrogen) atoms. The summed E-state index contributed by atoms with van der Waals surface area (Å²) in [7, 11) is 2.05. The van der Waals surface area contributed by atoms with Crippen LogP contribution >= 0.6 is 11.3 Å². The minimum Gasteiger partial charge on any atom is -0.352 e. The van der Waals surface area contributed by atoms with E-state index in [9.17, 15) is 0 Å². The van der Waals surface area contributed by atoms with E-state index < -0.39 is 0 Å². The van der Waals surface area contributed by atoms with E-state index in [2.05, 4.69) is 15.3 Å². The highest BCUT2D eigenvalue weighted by molar-refractivity contribution is 7.07. The number of hydrogen-bond acceptors (Lipinski definition) is 5. The summed E-state index contributed by atoms with van der Waals surface area (Å²) >= 11 is 1.62. The van der Waals surface area contributed by atoms with E-state index in [0.717, 1.165) is 18.8 Å². The number of aromatic nitrogens is 1. The molecule has 0 N–H and O–H groups in total. The predicted molar refractivity (Wildman–Crippen MR) is 65.5 cm³/mol. The van der Waals surface area contributed by atoms with Crippen molar-refractivity contribution in [2.24, 2.45) is 0 Å². The van der Waals surface area contributed by atoms with Gasteiger partial charge < -0.3 is 9.47 Å². The SMILES string of the molecule is CCOC(CN(C)Cc1cscn1)OCC. The second kappa shape index (κ2) is 7.73. The Kier molecular flexibility index (Phi) is 6.56. The van der Waals surface area contributed by atoms with E-state index >= 15 is 0 Å². The number of nitrogens with zero attached hydrogens (tertiary/aromatic N) is 2. The lowest BCUT2D eigenvalue weighted by Gasteiger charge is -2.23. The van der Waals surface area contributed by atoms with Gasteiger partial charge in [-0.05, 0) is 20.9 Å². The Labute approximate surface area is 101 Å². The maximum Gasteiger partial charge on any atom is 0.170 e. The van der Waals surface area contributed by atoms with E-state index in [1.165, 1.54) is 0 Å². The van der Waals surface area contributed by atoms with Crippen LogP contribution in [0.3, 0.4) is 0 Å². The van der Waals surface area contributed by atoms with Gasteiger partial charge in [0.2, 0.25) is 0 Å². The van der Waals surface area contributed by atoms with Crippen molar-refractivity contribution in [1.29, 1.82) is 0 Å². The van der Waals surface area contributed by atoms with Gasteiger partial charge in [-0.15, -0.1) is 11.3 Å². The van der Waals surface area contributed by atoms with Crippen LogP contribution in [-0.2, 0) is 16.0 Å². The standard InChI is InChI=1S/C11H20N2O2S/c1-4-14-11(15-5-2)7-13(3)6-10-8-16-9-12-10/h8-9,11H,4-7H2,1-3H3. The quantitative estimate of drug-likeness (QED) is 0.655. The first-order valence-electron chi connectivity index (χ1n) is 5.55. The molecule has 0 bridgehead atoms. The van der Waals surface area contributed by atoms with Crippen molar-refractivity contribution in [2.75, 3.05) is 26.8 Å². The summed E-state index contributed by atoms with van der Waals surface area (Å²) in [5.74, 6) is 0. The molecule has 1 aromatic heterocycles. The van der Waals surface area contributed by atoms with Crippen LogP contribution in [0.4, 0.5) is 0 Å². The van der Waals surface area contributed by atoms with Crippen LogP contribution < -0.4 is 0 Å². The fraction of sp³-hybridized carbons (Fsp3) is 0.727. The maximum atomic E-state index is 5.49. The number of likely N-dealkylation sites (N-methyl/N-ethyl adjacent to an activating group) is 1. The van der Waals surface area contributed by atoms with Gasteiger partial charge in [0, 0.05) is 31.7 Å². The lowest BCUT2D eigenvalue weighted by molar-refractivity contribution is -0.145. The maximum absolute atomic E-state index is 5.49. The van der Waals surface area contributed by atoms with Crippen LogP contribution in [0.25, 0.3) is 0 Å². The molecule has 0 unspecified atom stereocenters. The van der Waals surface area contributed by atoms with Crippen LogP contribution in [-0.4, -0.2) is 43.0 Å². The van der Waals surface area contributed by atoms with E-state index in [-0.39, 0.29) is 6.29 Å². The Balaban J connectivity index is 2.32. The summed E-state index contributed by atoms with van der Waals surface area (Å²) in [6.07, 6.45) is -0.140. The van der Waals surface area contributed by atoms with E-state index in [4.69, 9.17) is 9.47 Å². The van der Waals surface area contributed by atoms with Crippen molar-refractivity contribution in [3.05, 3.63) is 16.6 Å². The Morgan fingerprint density at radius 2 is 2.06 bits per heavy atom. The van der Waals surface area contributed by atoms with Gasteiger partial charge in [-0.25, -0.2) is 4.98 Å². The first-order valence-corrected chi connectivity index (χ1v) is 6.49. The monoisotopic (exact) mass is 244 g/mol. The number of hydrogen-bond donors (Lipinski definition) is 0. The Bertz CT molecular complexity index is 261. The molecule has 0 aliphatic rings. The fourth-order valence-corrected chi connectivity index (χ4v) is 1.99. The van der Waals surface area contributed by atoms with Gasteiger partial charge in [0.05, 0.1) is 11.2 Å². The third-order valence-corrected chi connectivity index (χ3v) is 2.72. The molecule has 4 nitrogen and oxygen atoms in total. The second-order valence-electron chi connectivity index (χ2n) is 3.52. The summed E-state index contributed by atoms with van der Waals surface area (Å²) < 4.78 is 11.0. The number of thiazole rings is 1. The molecule has 92 valence electrons. The fourth-order valence-electron chi connectivity index (χ4n) is 1.44. The number of rotatable bonds is 8. The van der Waals surface area contributed by atoms with Gasteiger partial charge in [0.25, 0.3) is 0 Å². The summed E-state index contributed by atoms with van der Waals surface area (Å²) in [4.78, 5) is 6.41. The molecule has 0 amide bonds. The van der Waals surface area contributed by atoms with Gasteiger partial charge in [0.15, 0.2) is 6.29 Å². The van der Waals surface area contributed by atoms with Crippen molar-refractivity contribution in [2.45, 2.75) is 26.7 Å². The molecule has 5 heteroatoms. The minimum absolute atomic E-state index is 0.140. The molecule has 0 saturated heterocycles. The zero-order chi connectivity index (χ0) is 11.8. The van der Waals surface area contributed by atoms with Crippen LogP contribution in [0.2, 0.25) is 0 Å². The average Bonchev–Trinajstić information content (AvgIpc) is 2.71. The molecular weight excluding hydrogens is 224 g/mol. The summed E-state index contributed by atoms with van der Waals surface area (Å²) in [6, 6.07) is 0. The molecule has 0 aliphatic heterocycles. The van der Waals surface area contributed by atoms with Crippen molar-refractivity contribution in [1.82, 2.24) is 9.88 Å². The predicted octanol–water partition coefficient (Wildman–Crippen LogP) is 1.97. The van der Waals surface area contributed by atoms with Crippen LogP contribution in [0.1, 0.15) is 19.5 Å². The zero-order valence-corrected chi connectivity index (χ0v) is 11.0. The third kappa shape index (κ3) is 5.03. The third-order valence-electron chi connectivity index (χ3n) is 2.08. The number of ether oxygens (including phenoxy) is 2. The molecule has 0 radical (unpaired) electrons. The van der Waals surface area contributed by atoms with E-state index in [1.807, 2.05) is 26.4 Å². The Morgan fingerprint density at radius 1 is 1.38 bits per heavy atom. The molecule has 1 rings (SSSR count). The summed E-state index contributed by atoms with van der Waals surface area (Å²) in [5.41, 5.74) is 2.95. The van der Waals surface area contributed by atoms with Crippen LogP contribution in [0, 0.1) is 0 Å². The van der Waals surface area contributed by atoms with Gasteiger partial charge >= 0.3 is 0 Å². The van der Waals surface area contributed by atoms with Gasteiger partial charge in [-0.2, -0.15) is 0 Å². The molecule has 1 aromatic rings. The smallest absolute Gasteiger partial charge is 0.170 e. The largest absolute Gasteiger partial charge is 0.352 e. The van der Waals surface area contributed by atoms with Gasteiger partial charge in [-0.3, -0.25) is 4.90 Å². The topological polar surface area (TPSA) is 34.6 Å². The van der Waals surface area contributed by atoms with Gasteiger partial charge in [-0.1, -0.05) is 0 Å². The van der Waals surface area contributed by atoms with Crippen molar-refractivity contribution >= 4 is 11.3 Å². The molecular formula is C11H20N2O2S. The van der Waals surface area contributed by atoms with E-state index in [0.29, 0.717) is 13.2 Å². The lowest BCUT2D eigenvalue weighted by Crippen LogP contribution is -2.33. The van der Waals surface area contributed by atoms with E-state index in [1.54, 1.807) is 11.3 Å². The average molecular weight is 244 g/mol. The first-order chi connectivity index (χ1) is 7.76. The normalized spacial score (nSPS) is 11.6. The van der Waals surface area contributed by atoms with Crippen molar-refractivity contribution in [3.63, 3.8) is 0 Å². The highest BCUT2D eigenvalue weighted by Gasteiger charge is 2.12. The Morgan fingerprint density at radius 3 is 2.56 bits per heavy atom. The van der Waals surface area contributed by atoms with Crippen molar-refractivity contribution in [3.8, 4) is 0 Å². The molecule has 0 aliphatic carbocycles. The molecule has 0 fully saturated rings. The summed E-state index contributed by atoms with van der Waals surface area (Å²) in [5, 5.41) is 2.06. The molecule has 1 heterocycles. The zero-order valence-electron chi connectivity index (χ0n) is 10.2. The second-order valence-corrected chi connectivity index (χ2v) is 4.24. The molecule has 0 aromatic carbocycles. The Hall–Kier alpha value is -0.490. The first kappa shape index (κ1) is 13.6. The van der Waals surface area contributed by atoms with Crippen molar-refractivity contribution < 1.29 is 9.47 Å². The molecule has 0 spiro atoms. The minimum atomic E-state index is -0.140. The summed E-state index contributed by atoms with van der Waals surface area (Å²) in [6.45, 7) is 6.91. The molecule has 0 saturated carbocycles.